The van der Waals surface area contributed by atoms with Crippen molar-refractivity contribution < 1.29 is 26.6 Å². The normalized spacial score (nSPS) is 15.3. The first-order valence-electron chi connectivity index (χ1n) is 7.39. The number of allylic oxidation sites excluding steroid dienone is 1. The van der Waals surface area contributed by atoms with E-state index in [0.29, 0.717) is 11.4 Å². The average Bonchev–Trinajstić information content (AvgIpc) is 2.96. The number of fused-ring (bicyclic) bond motifs is 1. The monoisotopic (exact) mass is 366 g/mol. The van der Waals surface area contributed by atoms with Gasteiger partial charge in [0.1, 0.15) is 0 Å². The van der Waals surface area contributed by atoms with Crippen LogP contribution >= 0.6 is 0 Å². The van der Waals surface area contributed by atoms with Gasteiger partial charge in [-0.1, -0.05) is 30.3 Å². The van der Waals surface area contributed by atoms with Gasteiger partial charge in [-0.05, 0) is 31.2 Å². The fourth-order valence-corrected chi connectivity index (χ4v) is 2.33. The van der Waals surface area contributed by atoms with Gasteiger partial charge in [-0.2, -0.15) is 5.10 Å². The molecule has 0 spiro atoms. The zero-order chi connectivity index (χ0) is 16.1. The van der Waals surface area contributed by atoms with Crippen LogP contribution in [0.15, 0.2) is 76.8 Å². The standard InChI is InChI=1S/C18H17N3O2.Co/c1-2-21-15-10-6-7-11-16(15)23-17(21)12-13-19-20-18(22)14-8-4-3-5-9-14;/h3-13H,2H2,1H3,(H,20,22);/b17-12+,19-13+;. The summed E-state index contributed by atoms with van der Waals surface area (Å²) in [5.74, 6) is 1.39. The van der Waals surface area contributed by atoms with Crippen molar-refractivity contribution in [1.29, 1.82) is 0 Å². The number of hydrogen-bond acceptors (Lipinski definition) is 4. The van der Waals surface area contributed by atoms with Crippen LogP contribution in [0.3, 0.4) is 0 Å². The van der Waals surface area contributed by atoms with Gasteiger partial charge in [-0.3, -0.25) is 0 Å². The maximum Gasteiger partial charge on any atom is 0.238 e. The Morgan fingerprint density at radius 3 is 2.58 bits per heavy atom. The van der Waals surface area contributed by atoms with Gasteiger partial charge >= 0.3 is 0 Å². The molecule has 24 heavy (non-hydrogen) atoms. The van der Waals surface area contributed by atoms with E-state index in [9.17, 15) is 5.11 Å². The molecule has 0 aliphatic carbocycles. The second kappa shape index (κ2) is 8.33. The number of hydrogen-bond donors (Lipinski definition) is 1. The van der Waals surface area contributed by atoms with Crippen LogP contribution in [-0.4, -0.2) is 23.8 Å². The number of para-hydroxylation sites is 2. The quantitative estimate of drug-likeness (QED) is 0.510. The molecule has 0 unspecified atom stereocenters. The first kappa shape index (κ1) is 17.8. The first-order chi connectivity index (χ1) is 11.3. The number of anilines is 1. The topological polar surface area (TPSA) is 57.4 Å². The summed E-state index contributed by atoms with van der Waals surface area (Å²) in [6.45, 7) is 2.84. The summed E-state index contributed by atoms with van der Waals surface area (Å²) in [5.41, 5.74) is 1.65. The van der Waals surface area contributed by atoms with E-state index in [-0.39, 0.29) is 22.7 Å². The molecular formula is C18H17CoN3O2. The van der Waals surface area contributed by atoms with Crippen molar-refractivity contribution in [2.24, 2.45) is 10.2 Å². The first-order valence-corrected chi connectivity index (χ1v) is 7.39. The van der Waals surface area contributed by atoms with Gasteiger partial charge in [0.05, 0.1) is 11.9 Å². The summed E-state index contributed by atoms with van der Waals surface area (Å²) in [6, 6.07) is 16.9. The van der Waals surface area contributed by atoms with E-state index < -0.39 is 0 Å². The van der Waals surface area contributed by atoms with Crippen molar-refractivity contribution in [3.63, 3.8) is 0 Å². The SMILES string of the molecule is CCN1\C(=C/C=N/N=C(\O)c2ccccc2)Oc2ccccc21.[Co]. The van der Waals surface area contributed by atoms with Gasteiger partial charge in [-0.15, -0.1) is 5.10 Å². The fraction of sp³-hybridized carbons (Fsp3) is 0.111. The van der Waals surface area contributed by atoms with Gasteiger partial charge in [0.15, 0.2) is 5.75 Å². The Labute approximate surface area is 151 Å². The Morgan fingerprint density at radius 2 is 1.83 bits per heavy atom. The second-order valence-electron chi connectivity index (χ2n) is 4.87. The number of rotatable bonds is 4. The Morgan fingerprint density at radius 1 is 1.12 bits per heavy atom. The predicted octanol–water partition coefficient (Wildman–Crippen LogP) is 3.73. The van der Waals surface area contributed by atoms with Crippen LogP contribution in [0.4, 0.5) is 5.69 Å². The van der Waals surface area contributed by atoms with Crippen molar-refractivity contribution in [3.05, 3.63) is 72.1 Å². The van der Waals surface area contributed by atoms with E-state index in [0.717, 1.165) is 18.0 Å². The van der Waals surface area contributed by atoms with Crippen molar-refractivity contribution in [2.75, 3.05) is 11.4 Å². The van der Waals surface area contributed by atoms with Crippen LogP contribution in [0.25, 0.3) is 0 Å². The number of nitrogens with zero attached hydrogens (tertiary/aromatic N) is 3. The van der Waals surface area contributed by atoms with Crippen LogP contribution < -0.4 is 9.64 Å². The zero-order valence-electron chi connectivity index (χ0n) is 13.1. The van der Waals surface area contributed by atoms with Gasteiger partial charge in [0.2, 0.25) is 11.8 Å². The maximum absolute atomic E-state index is 9.83. The third-order valence-electron chi connectivity index (χ3n) is 3.42. The number of aliphatic hydroxyl groups excluding tert-OH is 1. The van der Waals surface area contributed by atoms with E-state index in [1.54, 1.807) is 18.2 Å². The molecule has 1 aliphatic heterocycles. The van der Waals surface area contributed by atoms with Crippen LogP contribution in [0.5, 0.6) is 5.75 Å². The summed E-state index contributed by atoms with van der Waals surface area (Å²) in [6.07, 6.45) is 3.23. The molecule has 1 heterocycles. The van der Waals surface area contributed by atoms with Gasteiger partial charge in [-0.25, -0.2) is 0 Å². The number of ether oxygens (including phenoxy) is 1. The van der Waals surface area contributed by atoms with E-state index >= 15 is 0 Å². The minimum atomic E-state index is -0.122. The predicted molar refractivity (Wildman–Crippen MR) is 92.3 cm³/mol. The van der Waals surface area contributed by atoms with Gasteiger partial charge < -0.3 is 14.7 Å². The molecule has 0 saturated carbocycles. The summed E-state index contributed by atoms with van der Waals surface area (Å²) in [4.78, 5) is 2.04. The number of aliphatic hydroxyl groups is 1. The Bertz CT molecular complexity index is 773. The smallest absolute Gasteiger partial charge is 0.238 e. The average molecular weight is 366 g/mol. The Hall–Kier alpha value is -2.57. The van der Waals surface area contributed by atoms with Crippen LogP contribution in [-0.2, 0) is 16.8 Å². The molecule has 0 aromatic heterocycles. The second-order valence-corrected chi connectivity index (χ2v) is 4.87. The molecule has 5 nitrogen and oxygen atoms in total. The Balaban J connectivity index is 0.00000208. The maximum atomic E-state index is 9.83. The zero-order valence-corrected chi connectivity index (χ0v) is 14.1. The molecule has 3 rings (SSSR count). The van der Waals surface area contributed by atoms with Crippen molar-refractivity contribution in [2.45, 2.75) is 6.92 Å². The van der Waals surface area contributed by atoms with Crippen molar-refractivity contribution in [3.8, 4) is 5.75 Å². The van der Waals surface area contributed by atoms with Crippen LogP contribution in [0.1, 0.15) is 12.5 Å². The molecular weight excluding hydrogens is 349 g/mol. The summed E-state index contributed by atoms with van der Waals surface area (Å²) < 4.78 is 5.79. The molecule has 1 radical (unpaired) electrons. The molecule has 0 bridgehead atoms. The van der Waals surface area contributed by atoms with Crippen molar-refractivity contribution >= 4 is 17.8 Å². The molecule has 6 heteroatoms. The van der Waals surface area contributed by atoms with Crippen LogP contribution in [0.2, 0.25) is 0 Å². The summed E-state index contributed by atoms with van der Waals surface area (Å²) in [7, 11) is 0. The summed E-state index contributed by atoms with van der Waals surface area (Å²) in [5, 5.41) is 17.5. The molecule has 0 fully saturated rings. The largest absolute Gasteiger partial charge is 0.492 e. The van der Waals surface area contributed by atoms with E-state index in [4.69, 9.17) is 4.74 Å². The number of benzene rings is 2. The fourth-order valence-electron chi connectivity index (χ4n) is 2.33. The third-order valence-corrected chi connectivity index (χ3v) is 3.42. The van der Waals surface area contributed by atoms with E-state index in [1.165, 1.54) is 6.21 Å². The molecule has 125 valence electrons. The summed E-state index contributed by atoms with van der Waals surface area (Å²) >= 11 is 0. The molecule has 0 amide bonds. The molecule has 2 aromatic carbocycles. The van der Waals surface area contributed by atoms with Gasteiger partial charge in [0.25, 0.3) is 0 Å². The third kappa shape index (κ3) is 3.84. The van der Waals surface area contributed by atoms with Crippen molar-refractivity contribution in [1.82, 2.24) is 0 Å². The van der Waals surface area contributed by atoms with Gasteiger partial charge in [0, 0.05) is 35.0 Å². The van der Waals surface area contributed by atoms with Crippen LogP contribution in [0, 0.1) is 0 Å². The minimum absolute atomic E-state index is 0. The molecule has 0 atom stereocenters. The Kier molecular flexibility index (Phi) is 6.17. The minimum Gasteiger partial charge on any atom is -0.492 e. The molecule has 2 aromatic rings. The van der Waals surface area contributed by atoms with E-state index in [1.807, 2.05) is 47.4 Å². The molecule has 1 aliphatic rings. The molecule has 0 saturated heterocycles. The van der Waals surface area contributed by atoms with E-state index in [2.05, 4.69) is 17.1 Å². The molecule has 1 N–H and O–H groups in total.